The van der Waals surface area contributed by atoms with Crippen molar-refractivity contribution < 1.29 is 29.6 Å². The standard InChI is InChI=1S/C11H15N3O7/c1-20-11(19)13-6-2-3-14(10(18)12-6)9-8(17)7(16)5(4-15)21-9/h2-3,5,7-9,15-17H,4H2,1H3,(H,12,13,18,19)/t5-,7-,8+,9-/m1/s1. The van der Waals surface area contributed by atoms with E-state index in [1.54, 1.807) is 0 Å². The van der Waals surface area contributed by atoms with Crippen LogP contribution in [0.4, 0.5) is 10.6 Å². The molecule has 116 valence electrons. The van der Waals surface area contributed by atoms with Crippen LogP contribution in [-0.2, 0) is 9.47 Å². The van der Waals surface area contributed by atoms with Crippen molar-refractivity contribution in [1.82, 2.24) is 9.55 Å². The molecule has 21 heavy (non-hydrogen) atoms. The van der Waals surface area contributed by atoms with Crippen molar-refractivity contribution in [2.24, 2.45) is 0 Å². The van der Waals surface area contributed by atoms with Crippen LogP contribution in [-0.4, -0.2) is 63.0 Å². The summed E-state index contributed by atoms with van der Waals surface area (Å²) < 4.78 is 10.5. The third kappa shape index (κ3) is 3.03. The van der Waals surface area contributed by atoms with Crippen LogP contribution < -0.4 is 11.0 Å². The molecule has 0 radical (unpaired) electrons. The van der Waals surface area contributed by atoms with Gasteiger partial charge in [-0.3, -0.25) is 9.88 Å². The maximum absolute atomic E-state index is 11.9. The SMILES string of the molecule is COC(=O)Nc1ccn([C@@H]2O[C@H](CO)[C@@H](O)[C@@H]2O)c(=O)n1. The fourth-order valence-corrected chi connectivity index (χ4v) is 1.94. The van der Waals surface area contributed by atoms with Crippen molar-refractivity contribution in [2.45, 2.75) is 24.5 Å². The Morgan fingerprint density at radius 2 is 2.24 bits per heavy atom. The zero-order valence-electron chi connectivity index (χ0n) is 11.0. The molecule has 0 saturated carbocycles. The summed E-state index contributed by atoms with van der Waals surface area (Å²) in [5.41, 5.74) is -0.807. The Morgan fingerprint density at radius 3 is 2.76 bits per heavy atom. The molecule has 1 saturated heterocycles. The largest absolute Gasteiger partial charge is 0.453 e. The lowest BCUT2D eigenvalue weighted by Gasteiger charge is -2.17. The second-order valence-corrected chi connectivity index (χ2v) is 4.35. The number of amides is 1. The lowest BCUT2D eigenvalue weighted by molar-refractivity contribution is -0.0549. The topological polar surface area (TPSA) is 143 Å². The van der Waals surface area contributed by atoms with E-state index in [9.17, 15) is 19.8 Å². The molecule has 1 aromatic rings. The minimum Gasteiger partial charge on any atom is -0.453 e. The molecule has 0 aromatic carbocycles. The Morgan fingerprint density at radius 1 is 1.52 bits per heavy atom. The number of aliphatic hydroxyl groups excluding tert-OH is 3. The van der Waals surface area contributed by atoms with E-state index in [1.807, 2.05) is 0 Å². The molecule has 1 fully saturated rings. The second kappa shape index (κ2) is 6.18. The molecule has 1 aliphatic rings. The molecule has 0 unspecified atom stereocenters. The number of rotatable bonds is 3. The van der Waals surface area contributed by atoms with Gasteiger partial charge in [0.15, 0.2) is 6.23 Å². The molecule has 10 heteroatoms. The van der Waals surface area contributed by atoms with Gasteiger partial charge in [-0.1, -0.05) is 0 Å². The molecule has 10 nitrogen and oxygen atoms in total. The van der Waals surface area contributed by atoms with Crippen LogP contribution in [0.25, 0.3) is 0 Å². The Bertz CT molecular complexity index is 575. The first kappa shape index (κ1) is 15.4. The molecule has 1 amide bonds. The molecule has 0 spiro atoms. The summed E-state index contributed by atoms with van der Waals surface area (Å²) in [6.45, 7) is -0.501. The van der Waals surface area contributed by atoms with Crippen molar-refractivity contribution in [2.75, 3.05) is 19.0 Å². The summed E-state index contributed by atoms with van der Waals surface area (Å²) in [5, 5.41) is 30.7. The van der Waals surface area contributed by atoms with Crippen LogP contribution in [0.5, 0.6) is 0 Å². The van der Waals surface area contributed by atoms with Gasteiger partial charge in [0.25, 0.3) is 0 Å². The van der Waals surface area contributed by atoms with Crippen molar-refractivity contribution in [3.63, 3.8) is 0 Å². The maximum Gasteiger partial charge on any atom is 0.412 e. The van der Waals surface area contributed by atoms with Crippen molar-refractivity contribution in [3.8, 4) is 0 Å². The predicted octanol–water partition coefficient (Wildman–Crippen LogP) is -1.97. The van der Waals surface area contributed by atoms with E-state index in [0.717, 1.165) is 11.7 Å². The average Bonchev–Trinajstić information content (AvgIpc) is 2.75. The fraction of sp³-hybridized carbons (Fsp3) is 0.545. The van der Waals surface area contributed by atoms with E-state index in [1.165, 1.54) is 12.3 Å². The number of nitrogens with zero attached hydrogens (tertiary/aromatic N) is 2. The molecule has 4 N–H and O–H groups in total. The van der Waals surface area contributed by atoms with Gasteiger partial charge in [-0.2, -0.15) is 4.98 Å². The van der Waals surface area contributed by atoms with Gasteiger partial charge in [-0.15, -0.1) is 0 Å². The smallest absolute Gasteiger partial charge is 0.412 e. The number of anilines is 1. The van der Waals surface area contributed by atoms with Crippen molar-refractivity contribution in [1.29, 1.82) is 0 Å². The number of aromatic nitrogens is 2. The van der Waals surface area contributed by atoms with Gasteiger partial charge in [0.2, 0.25) is 0 Å². The first-order chi connectivity index (χ1) is 9.97. The zero-order chi connectivity index (χ0) is 15.6. The number of methoxy groups -OCH3 is 1. The van der Waals surface area contributed by atoms with Gasteiger partial charge in [-0.05, 0) is 6.07 Å². The second-order valence-electron chi connectivity index (χ2n) is 4.35. The summed E-state index contributed by atoms with van der Waals surface area (Å²) in [4.78, 5) is 26.4. The van der Waals surface area contributed by atoms with Crippen LogP contribution in [0.2, 0.25) is 0 Å². The van der Waals surface area contributed by atoms with Gasteiger partial charge < -0.3 is 24.8 Å². The predicted molar refractivity (Wildman–Crippen MR) is 67.5 cm³/mol. The summed E-state index contributed by atoms with van der Waals surface area (Å²) in [6, 6.07) is 1.30. The summed E-state index contributed by atoms with van der Waals surface area (Å²) in [5.74, 6) is -0.0326. The molecule has 2 rings (SSSR count). The monoisotopic (exact) mass is 301 g/mol. The highest BCUT2D eigenvalue weighted by atomic mass is 16.6. The van der Waals surface area contributed by atoms with E-state index in [-0.39, 0.29) is 5.82 Å². The fourth-order valence-electron chi connectivity index (χ4n) is 1.94. The lowest BCUT2D eigenvalue weighted by Crippen LogP contribution is -2.36. The van der Waals surface area contributed by atoms with Gasteiger partial charge in [0.1, 0.15) is 24.1 Å². The van der Waals surface area contributed by atoms with Crippen LogP contribution in [0, 0.1) is 0 Å². The molecule has 2 heterocycles. The van der Waals surface area contributed by atoms with E-state index in [4.69, 9.17) is 9.84 Å². The molecular formula is C11H15N3O7. The number of aliphatic hydroxyl groups is 3. The van der Waals surface area contributed by atoms with E-state index >= 15 is 0 Å². The number of hydrogen-bond donors (Lipinski definition) is 4. The van der Waals surface area contributed by atoms with Gasteiger partial charge >= 0.3 is 11.8 Å². The first-order valence-corrected chi connectivity index (χ1v) is 6.04. The number of hydrogen-bond acceptors (Lipinski definition) is 8. The first-order valence-electron chi connectivity index (χ1n) is 6.04. The Balaban J connectivity index is 2.22. The molecule has 1 aromatic heterocycles. The molecule has 0 bridgehead atoms. The quantitative estimate of drug-likeness (QED) is 0.503. The number of carbonyl (C=O) groups is 1. The van der Waals surface area contributed by atoms with Gasteiger partial charge in [0, 0.05) is 6.20 Å². The van der Waals surface area contributed by atoms with Crippen LogP contribution >= 0.6 is 0 Å². The molecule has 4 atom stereocenters. The Kier molecular flexibility index (Phi) is 4.53. The third-order valence-electron chi connectivity index (χ3n) is 3.04. The minimum atomic E-state index is -1.39. The Labute approximate surface area is 118 Å². The highest BCUT2D eigenvalue weighted by Gasteiger charge is 2.43. The van der Waals surface area contributed by atoms with Crippen LogP contribution in [0.3, 0.4) is 0 Å². The van der Waals surface area contributed by atoms with Crippen molar-refractivity contribution >= 4 is 11.9 Å². The minimum absolute atomic E-state index is 0.0326. The summed E-state index contributed by atoms with van der Waals surface area (Å²) >= 11 is 0. The lowest BCUT2D eigenvalue weighted by atomic mass is 10.1. The van der Waals surface area contributed by atoms with Crippen molar-refractivity contribution in [3.05, 3.63) is 22.7 Å². The summed E-state index contributed by atoms with van der Waals surface area (Å²) in [7, 11) is 1.16. The zero-order valence-corrected chi connectivity index (χ0v) is 11.0. The molecular weight excluding hydrogens is 286 g/mol. The normalized spacial score (nSPS) is 28.4. The average molecular weight is 301 g/mol. The highest BCUT2D eigenvalue weighted by Crippen LogP contribution is 2.28. The third-order valence-corrected chi connectivity index (χ3v) is 3.04. The van der Waals surface area contributed by atoms with E-state index in [0.29, 0.717) is 0 Å². The van der Waals surface area contributed by atoms with E-state index in [2.05, 4.69) is 15.0 Å². The van der Waals surface area contributed by atoms with Crippen LogP contribution in [0.1, 0.15) is 6.23 Å². The number of nitrogens with one attached hydrogen (secondary N) is 1. The van der Waals surface area contributed by atoms with Gasteiger partial charge in [-0.25, -0.2) is 9.59 Å². The molecule has 0 aliphatic carbocycles. The number of ether oxygens (including phenoxy) is 2. The summed E-state index contributed by atoms with van der Waals surface area (Å²) in [6.07, 6.45) is -4.43. The Hall–Kier alpha value is -2.01. The number of carbonyl (C=O) groups excluding carboxylic acids is 1. The highest BCUT2D eigenvalue weighted by molar-refractivity contribution is 5.82. The molecule has 1 aliphatic heterocycles. The van der Waals surface area contributed by atoms with Crippen LogP contribution in [0.15, 0.2) is 17.1 Å². The van der Waals surface area contributed by atoms with E-state index < -0.39 is 42.9 Å². The van der Waals surface area contributed by atoms with Gasteiger partial charge in [0.05, 0.1) is 13.7 Å². The maximum atomic E-state index is 11.9.